The fourth-order valence-corrected chi connectivity index (χ4v) is 3.72. The molecule has 1 atom stereocenters. The normalized spacial score (nSPS) is 16.3. The van der Waals surface area contributed by atoms with E-state index < -0.39 is 0 Å². The molecule has 0 spiro atoms. The van der Waals surface area contributed by atoms with Gasteiger partial charge in [0.2, 0.25) is 5.52 Å². The Morgan fingerprint density at radius 1 is 1.20 bits per heavy atom. The van der Waals surface area contributed by atoms with E-state index in [1.54, 1.807) is 7.11 Å². The number of ether oxygens (including phenoxy) is 1. The second kappa shape index (κ2) is 6.37. The highest BCUT2D eigenvalue weighted by molar-refractivity contribution is 5.79. The number of benzene rings is 2. The molecule has 25 heavy (non-hydrogen) atoms. The summed E-state index contributed by atoms with van der Waals surface area (Å²) in [5.41, 5.74) is 8.78. The second-order valence-electron chi connectivity index (χ2n) is 6.72. The lowest BCUT2D eigenvalue weighted by atomic mass is 10.1. The predicted molar refractivity (Wildman–Crippen MR) is 101 cm³/mol. The number of rotatable bonds is 4. The smallest absolute Gasteiger partial charge is 0.212 e. The minimum atomic E-state index is 0.424. The Balaban J connectivity index is 1.60. The van der Waals surface area contributed by atoms with Crippen molar-refractivity contribution in [3.8, 4) is 5.75 Å². The molecule has 1 aromatic heterocycles. The molecule has 0 aliphatic carbocycles. The van der Waals surface area contributed by atoms with Gasteiger partial charge in [0.1, 0.15) is 12.8 Å². The molecular formula is C21H24N3O+. The third-order valence-corrected chi connectivity index (χ3v) is 5.07. The number of para-hydroxylation sites is 1. The number of hydrogen-bond acceptors (Lipinski definition) is 3. The van der Waals surface area contributed by atoms with Crippen LogP contribution in [-0.2, 0) is 20.0 Å². The summed E-state index contributed by atoms with van der Waals surface area (Å²) < 4.78 is 7.52. The lowest BCUT2D eigenvalue weighted by Gasteiger charge is -2.26. The van der Waals surface area contributed by atoms with Crippen molar-refractivity contribution in [1.82, 2.24) is 5.43 Å². The zero-order valence-electron chi connectivity index (χ0n) is 15.0. The molecule has 0 saturated heterocycles. The van der Waals surface area contributed by atoms with Gasteiger partial charge in [-0.2, -0.15) is 0 Å². The van der Waals surface area contributed by atoms with Gasteiger partial charge >= 0.3 is 0 Å². The Hall–Kier alpha value is -2.59. The minimum Gasteiger partial charge on any atom is -0.497 e. The average molecular weight is 334 g/mol. The molecular weight excluding hydrogens is 310 g/mol. The summed E-state index contributed by atoms with van der Waals surface area (Å²) in [6, 6.07) is 17.5. The number of hydrogen-bond donors (Lipinski definition) is 1. The van der Waals surface area contributed by atoms with Crippen LogP contribution in [0.1, 0.15) is 18.1 Å². The van der Waals surface area contributed by atoms with Gasteiger partial charge in [-0.05, 0) is 48.7 Å². The van der Waals surface area contributed by atoms with Gasteiger partial charge < -0.3 is 9.75 Å². The van der Waals surface area contributed by atoms with E-state index in [1.807, 2.05) is 6.07 Å². The van der Waals surface area contributed by atoms with E-state index in [1.165, 1.54) is 27.7 Å². The van der Waals surface area contributed by atoms with Crippen LogP contribution in [0.25, 0.3) is 10.9 Å². The number of methoxy groups -OCH3 is 1. The Morgan fingerprint density at radius 2 is 2.04 bits per heavy atom. The van der Waals surface area contributed by atoms with E-state index >= 15 is 0 Å². The lowest BCUT2D eigenvalue weighted by molar-refractivity contribution is -0.644. The van der Waals surface area contributed by atoms with Crippen LogP contribution in [0.5, 0.6) is 5.75 Å². The molecule has 0 fully saturated rings. The zero-order chi connectivity index (χ0) is 17.4. The first kappa shape index (κ1) is 15.9. The highest BCUT2D eigenvalue weighted by atomic mass is 16.5. The van der Waals surface area contributed by atoms with Crippen molar-refractivity contribution in [3.63, 3.8) is 0 Å². The third-order valence-electron chi connectivity index (χ3n) is 5.07. The molecule has 1 N–H and O–H groups in total. The van der Waals surface area contributed by atoms with Gasteiger partial charge in [0.05, 0.1) is 18.2 Å². The Kier molecular flexibility index (Phi) is 4.06. The third kappa shape index (κ3) is 2.83. The predicted octanol–water partition coefficient (Wildman–Crippen LogP) is 3.13. The zero-order valence-corrected chi connectivity index (χ0v) is 15.0. The molecule has 0 amide bonds. The van der Waals surface area contributed by atoms with Crippen LogP contribution in [-0.4, -0.2) is 13.2 Å². The maximum absolute atomic E-state index is 5.36. The first-order valence-corrected chi connectivity index (χ1v) is 8.73. The van der Waals surface area contributed by atoms with E-state index in [0.29, 0.717) is 6.04 Å². The van der Waals surface area contributed by atoms with Crippen molar-refractivity contribution in [2.75, 3.05) is 12.1 Å². The van der Waals surface area contributed by atoms with Crippen molar-refractivity contribution in [2.24, 2.45) is 7.05 Å². The van der Waals surface area contributed by atoms with E-state index in [-0.39, 0.29) is 0 Å². The molecule has 0 bridgehead atoms. The van der Waals surface area contributed by atoms with E-state index in [9.17, 15) is 0 Å². The quantitative estimate of drug-likeness (QED) is 0.743. The van der Waals surface area contributed by atoms with Crippen molar-refractivity contribution in [2.45, 2.75) is 25.9 Å². The SMILES string of the molecule is COc1ccc2c(c1)CC(C)N2NCc1cc[n+](C)c2ccccc12. The first-order chi connectivity index (χ1) is 12.2. The van der Waals surface area contributed by atoms with E-state index in [2.05, 4.69) is 77.6 Å². The number of aromatic nitrogens is 1. The summed E-state index contributed by atoms with van der Waals surface area (Å²) >= 11 is 0. The van der Waals surface area contributed by atoms with Crippen LogP contribution >= 0.6 is 0 Å². The Morgan fingerprint density at radius 3 is 2.88 bits per heavy atom. The number of hydrazine groups is 1. The summed E-state index contributed by atoms with van der Waals surface area (Å²) in [6.07, 6.45) is 3.16. The van der Waals surface area contributed by atoms with Crippen LogP contribution in [0.4, 0.5) is 5.69 Å². The Labute approximate surface area is 148 Å². The first-order valence-electron chi connectivity index (χ1n) is 8.73. The van der Waals surface area contributed by atoms with Crippen LogP contribution in [0.2, 0.25) is 0 Å². The van der Waals surface area contributed by atoms with Gasteiger partial charge in [-0.3, -0.25) is 0 Å². The second-order valence-corrected chi connectivity index (χ2v) is 6.72. The molecule has 2 aromatic carbocycles. The minimum absolute atomic E-state index is 0.424. The topological polar surface area (TPSA) is 28.4 Å². The summed E-state index contributed by atoms with van der Waals surface area (Å²) in [5.74, 6) is 0.925. The van der Waals surface area contributed by atoms with E-state index in [4.69, 9.17) is 4.74 Å². The molecule has 2 heterocycles. The average Bonchev–Trinajstić information content (AvgIpc) is 2.95. The summed E-state index contributed by atoms with van der Waals surface area (Å²) in [4.78, 5) is 0. The monoisotopic (exact) mass is 334 g/mol. The molecule has 3 aromatic rings. The number of nitrogens with zero attached hydrogens (tertiary/aromatic N) is 2. The van der Waals surface area contributed by atoms with Crippen LogP contribution in [0.15, 0.2) is 54.7 Å². The number of fused-ring (bicyclic) bond motifs is 2. The fourth-order valence-electron chi connectivity index (χ4n) is 3.72. The van der Waals surface area contributed by atoms with E-state index in [0.717, 1.165) is 18.7 Å². The molecule has 1 aliphatic heterocycles. The number of aryl methyl sites for hydroxylation is 1. The van der Waals surface area contributed by atoms with Crippen molar-refractivity contribution in [3.05, 3.63) is 65.9 Å². The molecule has 0 saturated carbocycles. The highest BCUT2D eigenvalue weighted by Gasteiger charge is 2.26. The van der Waals surface area contributed by atoms with Crippen LogP contribution in [0.3, 0.4) is 0 Å². The maximum Gasteiger partial charge on any atom is 0.212 e. The van der Waals surface area contributed by atoms with Gasteiger partial charge in [-0.25, -0.2) is 9.99 Å². The number of anilines is 1. The van der Waals surface area contributed by atoms with Gasteiger partial charge in [0.15, 0.2) is 6.20 Å². The van der Waals surface area contributed by atoms with Crippen LogP contribution in [0, 0.1) is 0 Å². The van der Waals surface area contributed by atoms with Gasteiger partial charge in [0, 0.05) is 24.7 Å². The van der Waals surface area contributed by atoms with Crippen molar-refractivity contribution >= 4 is 16.6 Å². The summed E-state index contributed by atoms with van der Waals surface area (Å²) in [6.45, 7) is 3.06. The molecule has 4 heteroatoms. The maximum atomic E-state index is 5.36. The van der Waals surface area contributed by atoms with Crippen LogP contribution < -0.4 is 19.7 Å². The lowest BCUT2D eigenvalue weighted by Crippen LogP contribution is -2.41. The van der Waals surface area contributed by atoms with Gasteiger partial charge in [-0.15, -0.1) is 0 Å². The standard InChI is InChI=1S/C21H24N3O/c1-15-12-17-13-18(25-3)8-9-20(17)24(15)22-14-16-10-11-23(2)21-7-5-4-6-19(16)21/h4-11,13,15,22H,12,14H2,1-3H3/q+1. The van der Waals surface area contributed by atoms with Crippen molar-refractivity contribution < 1.29 is 9.30 Å². The molecule has 4 nitrogen and oxygen atoms in total. The largest absolute Gasteiger partial charge is 0.497 e. The summed E-state index contributed by atoms with van der Waals surface area (Å²) in [5, 5.41) is 3.58. The van der Waals surface area contributed by atoms with Gasteiger partial charge in [0.25, 0.3) is 0 Å². The molecule has 1 aliphatic rings. The van der Waals surface area contributed by atoms with Gasteiger partial charge in [-0.1, -0.05) is 12.1 Å². The fraction of sp³-hybridized carbons (Fsp3) is 0.286. The molecule has 4 rings (SSSR count). The molecule has 0 radical (unpaired) electrons. The summed E-state index contributed by atoms with van der Waals surface area (Å²) in [7, 11) is 3.81. The highest BCUT2D eigenvalue weighted by Crippen LogP contribution is 2.33. The number of pyridine rings is 1. The molecule has 128 valence electrons. The Bertz CT molecular complexity index is 922. The molecule has 1 unspecified atom stereocenters. The number of nitrogens with one attached hydrogen (secondary N) is 1. The van der Waals surface area contributed by atoms with Crippen molar-refractivity contribution in [1.29, 1.82) is 0 Å².